The number of para-hydroxylation sites is 1. The molecule has 1 aromatic carbocycles. The Morgan fingerprint density at radius 3 is 2.60 bits per heavy atom. The number of amides is 1. The van der Waals surface area contributed by atoms with Crippen LogP contribution in [0.25, 0.3) is 0 Å². The maximum Gasteiger partial charge on any atom is 0.285 e. The fourth-order valence-electron chi connectivity index (χ4n) is 2.54. The van der Waals surface area contributed by atoms with Crippen molar-refractivity contribution in [3.63, 3.8) is 0 Å². The molecule has 0 bridgehead atoms. The maximum absolute atomic E-state index is 12.2. The van der Waals surface area contributed by atoms with Crippen LogP contribution in [0.1, 0.15) is 41.6 Å². The van der Waals surface area contributed by atoms with E-state index in [4.69, 9.17) is 0 Å². The molecule has 0 saturated heterocycles. The summed E-state index contributed by atoms with van der Waals surface area (Å²) in [6, 6.07) is 4.94. The van der Waals surface area contributed by atoms with Crippen molar-refractivity contribution in [2.75, 3.05) is 0 Å². The van der Waals surface area contributed by atoms with Gasteiger partial charge in [0.05, 0.1) is 4.92 Å². The number of hydrogen-bond acceptors (Lipinski definition) is 3. The van der Waals surface area contributed by atoms with Gasteiger partial charge in [-0.1, -0.05) is 28.1 Å². The molecule has 0 aromatic heterocycles. The molecule has 6 heteroatoms. The van der Waals surface area contributed by atoms with E-state index in [1.54, 1.807) is 19.1 Å². The van der Waals surface area contributed by atoms with Gasteiger partial charge in [-0.15, -0.1) is 0 Å². The molecule has 1 aromatic rings. The summed E-state index contributed by atoms with van der Waals surface area (Å²) >= 11 is 3.57. The smallest absolute Gasteiger partial charge is 0.285 e. The quantitative estimate of drug-likeness (QED) is 0.521. The number of nitro groups is 1. The molecule has 1 saturated carbocycles. The lowest BCUT2D eigenvalue weighted by Gasteiger charge is -2.26. The minimum Gasteiger partial charge on any atom is -0.349 e. The number of nitro benzene ring substituents is 1. The van der Waals surface area contributed by atoms with Crippen LogP contribution in [-0.2, 0) is 0 Å². The lowest BCUT2D eigenvalue weighted by Crippen LogP contribution is -2.38. The fraction of sp³-hybridized carbons (Fsp3) is 0.500. The van der Waals surface area contributed by atoms with E-state index in [-0.39, 0.29) is 23.2 Å². The average molecular weight is 341 g/mol. The molecule has 1 aliphatic rings. The predicted molar refractivity (Wildman–Crippen MR) is 80.3 cm³/mol. The van der Waals surface area contributed by atoms with Crippen molar-refractivity contribution in [2.24, 2.45) is 0 Å². The summed E-state index contributed by atoms with van der Waals surface area (Å²) in [5.74, 6) is -0.349. The van der Waals surface area contributed by atoms with Crippen LogP contribution in [0.4, 0.5) is 5.69 Å². The van der Waals surface area contributed by atoms with Crippen LogP contribution in [0, 0.1) is 17.0 Å². The number of carbonyl (C=O) groups excluding carboxylic acids is 1. The number of hydrogen-bond donors (Lipinski definition) is 1. The van der Waals surface area contributed by atoms with E-state index < -0.39 is 4.92 Å². The van der Waals surface area contributed by atoms with Crippen LogP contribution >= 0.6 is 15.9 Å². The number of alkyl halides is 1. The number of halogens is 1. The Morgan fingerprint density at radius 2 is 2.00 bits per heavy atom. The van der Waals surface area contributed by atoms with Gasteiger partial charge in [-0.2, -0.15) is 0 Å². The second-order valence-electron chi connectivity index (χ2n) is 5.15. The molecule has 1 aliphatic carbocycles. The molecule has 0 heterocycles. The molecule has 0 radical (unpaired) electrons. The monoisotopic (exact) mass is 340 g/mol. The first kappa shape index (κ1) is 15.0. The SMILES string of the molecule is Cc1cccc(C(=O)NC2CCC(Br)CC2)c1[N+](=O)[O-]. The molecule has 0 unspecified atom stereocenters. The van der Waals surface area contributed by atoms with E-state index in [9.17, 15) is 14.9 Å². The average Bonchev–Trinajstić information content (AvgIpc) is 2.40. The number of carbonyl (C=O) groups is 1. The van der Waals surface area contributed by atoms with Crippen molar-refractivity contribution in [1.29, 1.82) is 0 Å². The zero-order chi connectivity index (χ0) is 14.7. The summed E-state index contributed by atoms with van der Waals surface area (Å²) in [6.45, 7) is 1.64. The van der Waals surface area contributed by atoms with E-state index in [2.05, 4.69) is 21.2 Å². The number of benzene rings is 1. The van der Waals surface area contributed by atoms with Gasteiger partial charge in [-0.3, -0.25) is 14.9 Å². The van der Waals surface area contributed by atoms with Crippen molar-refractivity contribution in [2.45, 2.75) is 43.5 Å². The molecule has 2 rings (SSSR count). The molecule has 20 heavy (non-hydrogen) atoms. The van der Waals surface area contributed by atoms with Crippen molar-refractivity contribution in [3.8, 4) is 0 Å². The van der Waals surface area contributed by atoms with E-state index >= 15 is 0 Å². The molecule has 5 nitrogen and oxygen atoms in total. The van der Waals surface area contributed by atoms with Gasteiger partial charge in [0, 0.05) is 16.4 Å². The summed E-state index contributed by atoms with van der Waals surface area (Å²) in [7, 11) is 0. The van der Waals surface area contributed by atoms with Crippen LogP contribution in [0.2, 0.25) is 0 Å². The topological polar surface area (TPSA) is 72.2 Å². The first-order valence-electron chi connectivity index (χ1n) is 6.68. The zero-order valence-electron chi connectivity index (χ0n) is 11.3. The largest absolute Gasteiger partial charge is 0.349 e. The third-order valence-corrected chi connectivity index (χ3v) is 4.57. The summed E-state index contributed by atoms with van der Waals surface area (Å²) < 4.78 is 0. The van der Waals surface area contributed by atoms with E-state index in [0.717, 1.165) is 25.7 Å². The van der Waals surface area contributed by atoms with E-state index in [1.165, 1.54) is 6.07 Å². The van der Waals surface area contributed by atoms with Crippen LogP contribution in [0.3, 0.4) is 0 Å². The first-order valence-corrected chi connectivity index (χ1v) is 7.59. The molecule has 1 fully saturated rings. The third-order valence-electron chi connectivity index (χ3n) is 3.66. The van der Waals surface area contributed by atoms with Gasteiger partial charge in [0.25, 0.3) is 11.6 Å². The summed E-state index contributed by atoms with van der Waals surface area (Å²) in [4.78, 5) is 23.4. The Hall–Kier alpha value is -1.43. The minimum atomic E-state index is -0.486. The highest BCUT2D eigenvalue weighted by Crippen LogP contribution is 2.26. The predicted octanol–water partition coefficient (Wildman–Crippen LogP) is 3.34. The first-order chi connectivity index (χ1) is 9.49. The molecule has 108 valence electrons. The fourth-order valence-corrected chi connectivity index (χ4v) is 3.07. The van der Waals surface area contributed by atoms with E-state index in [1.807, 2.05) is 0 Å². The summed E-state index contributed by atoms with van der Waals surface area (Å²) in [5.41, 5.74) is 0.557. The second kappa shape index (κ2) is 6.35. The lowest BCUT2D eigenvalue weighted by atomic mass is 9.95. The molecular formula is C14H17BrN2O3. The number of rotatable bonds is 3. The van der Waals surface area contributed by atoms with Gasteiger partial charge in [0.1, 0.15) is 5.56 Å². The number of nitrogens with one attached hydrogen (secondary N) is 1. The highest BCUT2D eigenvalue weighted by atomic mass is 79.9. The molecule has 1 N–H and O–H groups in total. The van der Waals surface area contributed by atoms with Gasteiger partial charge < -0.3 is 5.32 Å². The zero-order valence-corrected chi connectivity index (χ0v) is 12.9. The van der Waals surface area contributed by atoms with Gasteiger partial charge in [-0.25, -0.2) is 0 Å². The molecule has 0 aliphatic heterocycles. The van der Waals surface area contributed by atoms with E-state index in [0.29, 0.717) is 10.4 Å². The van der Waals surface area contributed by atoms with Crippen molar-refractivity contribution in [3.05, 3.63) is 39.4 Å². The Morgan fingerprint density at radius 1 is 1.35 bits per heavy atom. The molecule has 1 amide bonds. The Balaban J connectivity index is 2.13. The van der Waals surface area contributed by atoms with Gasteiger partial charge in [0.2, 0.25) is 0 Å². The Kier molecular flexibility index (Phi) is 4.75. The molecular weight excluding hydrogens is 324 g/mol. The minimum absolute atomic E-state index is 0.0980. The molecule has 0 spiro atoms. The van der Waals surface area contributed by atoms with Crippen LogP contribution in [0.5, 0.6) is 0 Å². The lowest BCUT2D eigenvalue weighted by molar-refractivity contribution is -0.385. The Labute approximate surface area is 126 Å². The van der Waals surface area contributed by atoms with Crippen molar-refractivity contribution < 1.29 is 9.72 Å². The number of aryl methyl sites for hydroxylation is 1. The van der Waals surface area contributed by atoms with Gasteiger partial charge >= 0.3 is 0 Å². The third kappa shape index (κ3) is 3.36. The highest BCUT2D eigenvalue weighted by Gasteiger charge is 2.26. The van der Waals surface area contributed by atoms with Crippen molar-refractivity contribution in [1.82, 2.24) is 5.32 Å². The summed E-state index contributed by atoms with van der Waals surface area (Å²) in [6.07, 6.45) is 3.84. The van der Waals surface area contributed by atoms with Gasteiger partial charge in [-0.05, 0) is 38.7 Å². The van der Waals surface area contributed by atoms with Crippen molar-refractivity contribution >= 4 is 27.5 Å². The van der Waals surface area contributed by atoms with Crippen LogP contribution < -0.4 is 5.32 Å². The number of nitrogens with zero attached hydrogens (tertiary/aromatic N) is 1. The normalized spacial score (nSPS) is 22.3. The van der Waals surface area contributed by atoms with Gasteiger partial charge in [0.15, 0.2) is 0 Å². The maximum atomic E-state index is 12.2. The second-order valence-corrected chi connectivity index (χ2v) is 6.45. The van der Waals surface area contributed by atoms with Crippen LogP contribution in [0.15, 0.2) is 18.2 Å². The highest BCUT2D eigenvalue weighted by molar-refractivity contribution is 9.09. The summed E-state index contributed by atoms with van der Waals surface area (Å²) in [5, 5.41) is 14.0. The molecule has 0 atom stereocenters. The standard InChI is InChI=1S/C14H17BrN2O3/c1-9-3-2-4-12(13(9)17(19)20)14(18)16-11-7-5-10(15)6-8-11/h2-4,10-11H,5-8H2,1H3,(H,16,18). The van der Waals surface area contributed by atoms with Crippen LogP contribution in [-0.4, -0.2) is 21.7 Å². The Bertz CT molecular complexity index is 525.